The number of fused-ring (bicyclic) bond motifs is 1. The zero-order valence-electron chi connectivity index (χ0n) is 8.11. The summed E-state index contributed by atoms with van der Waals surface area (Å²) in [5.41, 5.74) is 1.48. The highest BCUT2D eigenvalue weighted by molar-refractivity contribution is 5.97. The lowest BCUT2D eigenvalue weighted by Gasteiger charge is -1.97. The second kappa shape index (κ2) is 3.14. The quantitative estimate of drug-likeness (QED) is 0.725. The molecule has 72 valence electrons. The zero-order valence-corrected chi connectivity index (χ0v) is 8.11. The van der Waals surface area contributed by atoms with Crippen LogP contribution in [0.25, 0.3) is 10.9 Å². The lowest BCUT2D eigenvalue weighted by molar-refractivity contribution is 0.0963. The molecule has 0 aliphatic rings. The van der Waals surface area contributed by atoms with Crippen LogP contribution < -0.4 is 5.32 Å². The van der Waals surface area contributed by atoms with Crippen molar-refractivity contribution in [1.29, 1.82) is 0 Å². The molecular weight excluding hydrogens is 178 g/mol. The molecule has 4 nitrogen and oxygen atoms in total. The van der Waals surface area contributed by atoms with Crippen molar-refractivity contribution < 1.29 is 4.79 Å². The zero-order chi connectivity index (χ0) is 10.1. The standard InChI is InChI=1S/C10H11N3O/c1-11-10(14)7-3-4-8-6-13(2)12-9(8)5-7/h3-6H,1-2H3,(H,11,14). The van der Waals surface area contributed by atoms with Crippen LogP contribution in [0.5, 0.6) is 0 Å². The first-order chi connectivity index (χ1) is 6.70. The fraction of sp³-hybridized carbons (Fsp3) is 0.200. The topological polar surface area (TPSA) is 46.9 Å². The van der Waals surface area contributed by atoms with Gasteiger partial charge in [0.2, 0.25) is 0 Å². The van der Waals surface area contributed by atoms with Crippen LogP contribution in [0.15, 0.2) is 24.4 Å². The molecule has 0 aliphatic carbocycles. The number of rotatable bonds is 1. The van der Waals surface area contributed by atoms with Crippen LogP contribution in [0.1, 0.15) is 10.4 Å². The van der Waals surface area contributed by atoms with Crippen LogP contribution >= 0.6 is 0 Å². The Bertz CT molecular complexity index is 487. The molecule has 0 atom stereocenters. The minimum absolute atomic E-state index is 0.0856. The van der Waals surface area contributed by atoms with Gasteiger partial charge in [0.1, 0.15) is 0 Å². The number of hydrogen-bond acceptors (Lipinski definition) is 2. The minimum atomic E-state index is -0.0856. The van der Waals surface area contributed by atoms with Crippen molar-refractivity contribution in [2.45, 2.75) is 0 Å². The Balaban J connectivity index is 2.55. The van der Waals surface area contributed by atoms with Crippen molar-refractivity contribution in [2.75, 3.05) is 7.05 Å². The van der Waals surface area contributed by atoms with Gasteiger partial charge >= 0.3 is 0 Å². The van der Waals surface area contributed by atoms with Gasteiger partial charge in [0.25, 0.3) is 5.91 Å². The number of aryl methyl sites for hydroxylation is 1. The Morgan fingerprint density at radius 3 is 3.00 bits per heavy atom. The van der Waals surface area contributed by atoms with Crippen molar-refractivity contribution in [1.82, 2.24) is 15.1 Å². The molecule has 1 aromatic heterocycles. The first-order valence-corrected chi connectivity index (χ1v) is 4.36. The third kappa shape index (κ3) is 1.35. The number of nitrogens with one attached hydrogen (secondary N) is 1. The van der Waals surface area contributed by atoms with Gasteiger partial charge in [-0.25, -0.2) is 0 Å². The van der Waals surface area contributed by atoms with E-state index in [4.69, 9.17) is 0 Å². The second-order valence-electron chi connectivity index (χ2n) is 3.16. The van der Waals surface area contributed by atoms with E-state index in [9.17, 15) is 4.79 Å². The summed E-state index contributed by atoms with van der Waals surface area (Å²) >= 11 is 0. The molecule has 0 aliphatic heterocycles. The predicted molar refractivity (Wildman–Crippen MR) is 54.1 cm³/mol. The summed E-state index contributed by atoms with van der Waals surface area (Å²) in [5.74, 6) is -0.0856. The molecule has 0 saturated heterocycles. The van der Waals surface area contributed by atoms with E-state index in [-0.39, 0.29) is 5.91 Å². The van der Waals surface area contributed by atoms with Crippen LogP contribution in [0, 0.1) is 0 Å². The summed E-state index contributed by atoms with van der Waals surface area (Å²) in [7, 11) is 3.48. The number of carbonyl (C=O) groups excluding carboxylic acids is 1. The Morgan fingerprint density at radius 2 is 2.29 bits per heavy atom. The normalized spacial score (nSPS) is 10.4. The van der Waals surface area contributed by atoms with Gasteiger partial charge in [-0.3, -0.25) is 9.48 Å². The molecule has 1 heterocycles. The van der Waals surface area contributed by atoms with E-state index >= 15 is 0 Å². The second-order valence-corrected chi connectivity index (χ2v) is 3.16. The SMILES string of the molecule is CNC(=O)c1ccc2cn(C)nc2c1. The molecule has 0 fully saturated rings. The molecule has 1 N–H and O–H groups in total. The average Bonchev–Trinajstić information content (AvgIpc) is 2.55. The largest absolute Gasteiger partial charge is 0.355 e. The van der Waals surface area contributed by atoms with Crippen LogP contribution in [0.3, 0.4) is 0 Å². The number of nitrogens with zero attached hydrogens (tertiary/aromatic N) is 2. The van der Waals surface area contributed by atoms with Crippen molar-refractivity contribution in [2.24, 2.45) is 7.05 Å². The molecular formula is C10H11N3O. The fourth-order valence-electron chi connectivity index (χ4n) is 1.43. The molecule has 0 radical (unpaired) electrons. The van der Waals surface area contributed by atoms with Crippen molar-refractivity contribution >= 4 is 16.8 Å². The van der Waals surface area contributed by atoms with Gasteiger partial charge in [-0.15, -0.1) is 0 Å². The summed E-state index contributed by atoms with van der Waals surface area (Å²) in [6.45, 7) is 0. The molecule has 0 unspecified atom stereocenters. The molecule has 4 heteroatoms. The maximum absolute atomic E-state index is 11.3. The van der Waals surface area contributed by atoms with Crippen LogP contribution in [-0.4, -0.2) is 22.7 Å². The summed E-state index contributed by atoms with van der Waals surface area (Å²) in [5, 5.41) is 7.85. The van der Waals surface area contributed by atoms with E-state index < -0.39 is 0 Å². The Labute approximate surface area is 81.5 Å². The van der Waals surface area contributed by atoms with E-state index in [1.807, 2.05) is 19.3 Å². The van der Waals surface area contributed by atoms with Crippen LogP contribution in [0.4, 0.5) is 0 Å². The lowest BCUT2D eigenvalue weighted by Crippen LogP contribution is -2.17. The smallest absolute Gasteiger partial charge is 0.251 e. The maximum Gasteiger partial charge on any atom is 0.251 e. The third-order valence-electron chi connectivity index (χ3n) is 2.11. The van der Waals surface area contributed by atoms with Gasteiger partial charge < -0.3 is 5.32 Å². The van der Waals surface area contributed by atoms with E-state index in [2.05, 4.69) is 10.4 Å². The summed E-state index contributed by atoms with van der Waals surface area (Å²) in [6.07, 6.45) is 1.92. The van der Waals surface area contributed by atoms with Gasteiger partial charge in [-0.1, -0.05) is 6.07 Å². The molecule has 0 spiro atoms. The fourth-order valence-corrected chi connectivity index (χ4v) is 1.43. The minimum Gasteiger partial charge on any atom is -0.355 e. The highest BCUT2D eigenvalue weighted by Gasteiger charge is 2.05. The average molecular weight is 189 g/mol. The Hall–Kier alpha value is -1.84. The van der Waals surface area contributed by atoms with Crippen LogP contribution in [0.2, 0.25) is 0 Å². The van der Waals surface area contributed by atoms with Crippen molar-refractivity contribution in [3.8, 4) is 0 Å². The maximum atomic E-state index is 11.3. The first kappa shape index (κ1) is 8.74. The molecule has 2 rings (SSSR count). The molecule has 0 saturated carbocycles. The highest BCUT2D eigenvalue weighted by atomic mass is 16.1. The Morgan fingerprint density at radius 1 is 1.50 bits per heavy atom. The number of carbonyl (C=O) groups is 1. The van der Waals surface area contributed by atoms with Crippen molar-refractivity contribution in [3.63, 3.8) is 0 Å². The summed E-state index contributed by atoms with van der Waals surface area (Å²) in [4.78, 5) is 11.3. The molecule has 0 bridgehead atoms. The number of hydrogen-bond donors (Lipinski definition) is 1. The molecule has 2 aromatic rings. The van der Waals surface area contributed by atoms with Gasteiger partial charge in [-0.05, 0) is 12.1 Å². The van der Waals surface area contributed by atoms with Gasteiger partial charge in [0.15, 0.2) is 0 Å². The number of amides is 1. The summed E-state index contributed by atoms with van der Waals surface area (Å²) < 4.78 is 1.73. The molecule has 14 heavy (non-hydrogen) atoms. The van der Waals surface area contributed by atoms with E-state index in [1.165, 1.54) is 0 Å². The molecule has 1 aromatic carbocycles. The lowest BCUT2D eigenvalue weighted by atomic mass is 10.1. The van der Waals surface area contributed by atoms with Gasteiger partial charge in [-0.2, -0.15) is 5.10 Å². The van der Waals surface area contributed by atoms with E-state index in [1.54, 1.807) is 23.9 Å². The summed E-state index contributed by atoms with van der Waals surface area (Å²) in [6, 6.07) is 5.48. The number of aromatic nitrogens is 2. The number of benzene rings is 1. The highest BCUT2D eigenvalue weighted by Crippen LogP contribution is 2.13. The van der Waals surface area contributed by atoms with E-state index in [0.29, 0.717) is 5.56 Å². The Kier molecular flexibility index (Phi) is 1.96. The first-order valence-electron chi connectivity index (χ1n) is 4.36. The van der Waals surface area contributed by atoms with Crippen molar-refractivity contribution in [3.05, 3.63) is 30.0 Å². The van der Waals surface area contributed by atoms with Gasteiger partial charge in [0.05, 0.1) is 5.52 Å². The molecule has 1 amide bonds. The van der Waals surface area contributed by atoms with Crippen LogP contribution in [-0.2, 0) is 7.05 Å². The predicted octanol–water partition coefficient (Wildman–Crippen LogP) is 0.933. The van der Waals surface area contributed by atoms with E-state index in [0.717, 1.165) is 10.9 Å². The van der Waals surface area contributed by atoms with Gasteiger partial charge in [0, 0.05) is 31.2 Å². The third-order valence-corrected chi connectivity index (χ3v) is 2.11. The monoisotopic (exact) mass is 189 g/mol.